The van der Waals surface area contributed by atoms with Crippen molar-refractivity contribution in [1.82, 2.24) is 14.5 Å². The largest absolute Gasteiger partial charge is 0.364 e. The van der Waals surface area contributed by atoms with Gasteiger partial charge in [-0.1, -0.05) is 28.4 Å². The van der Waals surface area contributed by atoms with Gasteiger partial charge in [0, 0.05) is 18.5 Å². The summed E-state index contributed by atoms with van der Waals surface area (Å²) < 4.78 is 30.4. The molecule has 0 fully saturated rings. The highest BCUT2D eigenvalue weighted by Gasteiger charge is 2.18. The average Bonchev–Trinajstić information content (AvgIpc) is 2.97. The molecule has 0 radical (unpaired) electrons. The second-order valence-electron chi connectivity index (χ2n) is 4.49. The van der Waals surface area contributed by atoms with Crippen molar-refractivity contribution in [3.05, 3.63) is 52.2 Å². The molecule has 0 N–H and O–H groups in total. The molecule has 3 heterocycles. The Balaban J connectivity index is 1.89. The van der Waals surface area contributed by atoms with Crippen LogP contribution < -0.4 is 0 Å². The van der Waals surface area contributed by atoms with Gasteiger partial charge in [0.15, 0.2) is 15.5 Å². The molecule has 0 spiro atoms. The van der Waals surface area contributed by atoms with Crippen LogP contribution in [0.5, 0.6) is 0 Å². The third-order valence-electron chi connectivity index (χ3n) is 2.75. The van der Waals surface area contributed by atoms with Gasteiger partial charge in [0.25, 0.3) is 0 Å². The quantitative estimate of drug-likeness (QED) is 0.726. The molecular formula is C12H9Cl2N3O3S. The number of nitrogens with zero attached hydrogens (tertiary/aromatic N) is 3. The lowest BCUT2D eigenvalue weighted by molar-refractivity contribution is 0.413. The number of sulfone groups is 1. The van der Waals surface area contributed by atoms with E-state index in [-0.39, 0.29) is 11.5 Å². The number of halogens is 2. The standard InChI is InChI=1S/C12H9Cl2N3O3S/c13-8-3-11(14)12-15-10(5-17(12)4-8)7-21(18,19)6-9-1-2-20-16-9/h1-5H,6-7H2. The zero-order valence-electron chi connectivity index (χ0n) is 10.5. The summed E-state index contributed by atoms with van der Waals surface area (Å²) in [5, 5.41) is 4.40. The van der Waals surface area contributed by atoms with Crippen molar-refractivity contribution in [3.8, 4) is 0 Å². The number of hydrogen-bond acceptors (Lipinski definition) is 5. The highest BCUT2D eigenvalue weighted by molar-refractivity contribution is 7.89. The van der Waals surface area contributed by atoms with Gasteiger partial charge >= 0.3 is 0 Å². The number of imidazole rings is 1. The summed E-state index contributed by atoms with van der Waals surface area (Å²) >= 11 is 11.9. The van der Waals surface area contributed by atoms with Crippen LogP contribution in [0.4, 0.5) is 0 Å². The number of aromatic nitrogens is 3. The van der Waals surface area contributed by atoms with E-state index in [1.165, 1.54) is 12.3 Å². The van der Waals surface area contributed by atoms with Gasteiger partial charge in [-0.2, -0.15) is 0 Å². The number of pyridine rings is 1. The van der Waals surface area contributed by atoms with Crippen molar-refractivity contribution < 1.29 is 12.9 Å². The van der Waals surface area contributed by atoms with Gasteiger partial charge in [0.2, 0.25) is 0 Å². The summed E-state index contributed by atoms with van der Waals surface area (Å²) in [6, 6.07) is 3.07. The molecule has 0 amide bonds. The minimum Gasteiger partial charge on any atom is -0.364 e. The molecule has 9 heteroatoms. The third-order valence-corrected chi connectivity index (χ3v) is 4.71. The van der Waals surface area contributed by atoms with Crippen LogP contribution in [0, 0.1) is 0 Å². The van der Waals surface area contributed by atoms with E-state index in [2.05, 4.69) is 14.7 Å². The van der Waals surface area contributed by atoms with E-state index in [0.717, 1.165) is 0 Å². The lowest BCUT2D eigenvalue weighted by Gasteiger charge is -1.98. The molecule has 0 aliphatic rings. The van der Waals surface area contributed by atoms with Gasteiger partial charge in [-0.15, -0.1) is 0 Å². The fourth-order valence-corrected chi connectivity index (χ4v) is 3.78. The van der Waals surface area contributed by atoms with Gasteiger partial charge in [0.05, 0.1) is 32.9 Å². The SMILES string of the molecule is O=S(=O)(Cc1ccon1)Cc1cn2cc(Cl)cc(Cl)c2n1. The van der Waals surface area contributed by atoms with Gasteiger partial charge < -0.3 is 8.92 Å². The summed E-state index contributed by atoms with van der Waals surface area (Å²) in [6.45, 7) is 0. The predicted octanol–water partition coefficient (Wildman–Crippen LogP) is 2.74. The van der Waals surface area contributed by atoms with Crippen LogP contribution in [0.1, 0.15) is 11.4 Å². The monoisotopic (exact) mass is 345 g/mol. The van der Waals surface area contributed by atoms with Crippen molar-refractivity contribution in [3.63, 3.8) is 0 Å². The van der Waals surface area contributed by atoms with Crippen molar-refractivity contribution in [2.75, 3.05) is 0 Å². The molecule has 3 aromatic heterocycles. The van der Waals surface area contributed by atoms with Gasteiger partial charge in [-0.25, -0.2) is 13.4 Å². The fraction of sp³-hybridized carbons (Fsp3) is 0.167. The Morgan fingerprint density at radius 1 is 1.19 bits per heavy atom. The van der Waals surface area contributed by atoms with E-state index in [1.54, 1.807) is 22.9 Å². The topological polar surface area (TPSA) is 77.5 Å². The maximum atomic E-state index is 12.1. The summed E-state index contributed by atoms with van der Waals surface area (Å²) in [5.74, 6) is -0.415. The molecule has 110 valence electrons. The summed E-state index contributed by atoms with van der Waals surface area (Å²) in [6.07, 6.45) is 4.54. The van der Waals surface area contributed by atoms with Crippen LogP contribution in [0.15, 0.2) is 35.3 Å². The molecule has 0 bridgehead atoms. The lowest BCUT2D eigenvalue weighted by atomic mass is 10.5. The summed E-state index contributed by atoms with van der Waals surface area (Å²) in [7, 11) is -3.40. The second-order valence-corrected chi connectivity index (χ2v) is 7.40. The maximum absolute atomic E-state index is 12.1. The molecule has 3 rings (SSSR count). The highest BCUT2D eigenvalue weighted by Crippen LogP contribution is 2.22. The molecule has 0 aliphatic heterocycles. The molecule has 21 heavy (non-hydrogen) atoms. The fourth-order valence-electron chi connectivity index (χ4n) is 1.96. The molecule has 0 unspecified atom stereocenters. The van der Waals surface area contributed by atoms with E-state index in [1.807, 2.05) is 0 Å². The molecule has 0 aliphatic carbocycles. The average molecular weight is 346 g/mol. The van der Waals surface area contributed by atoms with Crippen molar-refractivity contribution in [1.29, 1.82) is 0 Å². The van der Waals surface area contributed by atoms with Crippen LogP contribution >= 0.6 is 23.2 Å². The van der Waals surface area contributed by atoms with Crippen molar-refractivity contribution in [2.45, 2.75) is 11.5 Å². The maximum Gasteiger partial charge on any atom is 0.161 e. The van der Waals surface area contributed by atoms with E-state index in [0.29, 0.717) is 27.1 Å². The highest BCUT2D eigenvalue weighted by atomic mass is 35.5. The van der Waals surface area contributed by atoms with Gasteiger partial charge in [0.1, 0.15) is 6.26 Å². The Morgan fingerprint density at radius 2 is 1.95 bits per heavy atom. The number of rotatable bonds is 4. The molecular weight excluding hydrogens is 337 g/mol. The van der Waals surface area contributed by atoms with Crippen LogP contribution in [-0.4, -0.2) is 23.0 Å². The van der Waals surface area contributed by atoms with Crippen molar-refractivity contribution in [2.24, 2.45) is 0 Å². The Bertz CT molecular complexity index is 888. The molecule has 0 saturated heterocycles. The minimum atomic E-state index is -3.40. The first-order valence-electron chi connectivity index (χ1n) is 5.85. The molecule has 3 aromatic rings. The molecule has 0 atom stereocenters. The van der Waals surface area contributed by atoms with E-state index < -0.39 is 9.84 Å². The third kappa shape index (κ3) is 3.20. The smallest absolute Gasteiger partial charge is 0.161 e. The molecule has 0 aromatic carbocycles. The lowest BCUT2D eigenvalue weighted by Crippen LogP contribution is -2.08. The Morgan fingerprint density at radius 3 is 2.67 bits per heavy atom. The second kappa shape index (κ2) is 5.32. The van der Waals surface area contributed by atoms with Crippen LogP contribution in [0.2, 0.25) is 10.0 Å². The number of hydrogen-bond donors (Lipinski definition) is 0. The van der Waals surface area contributed by atoms with Gasteiger partial charge in [-0.05, 0) is 6.07 Å². The minimum absolute atomic E-state index is 0.203. The van der Waals surface area contributed by atoms with Crippen LogP contribution in [0.25, 0.3) is 5.65 Å². The first-order chi connectivity index (χ1) is 9.93. The van der Waals surface area contributed by atoms with E-state index in [9.17, 15) is 8.42 Å². The Hall–Kier alpha value is -1.57. The Labute approximate surface area is 130 Å². The van der Waals surface area contributed by atoms with Gasteiger partial charge in [-0.3, -0.25) is 0 Å². The Kier molecular flexibility index (Phi) is 3.64. The van der Waals surface area contributed by atoms with E-state index in [4.69, 9.17) is 23.2 Å². The summed E-state index contributed by atoms with van der Waals surface area (Å²) in [5.41, 5.74) is 1.22. The first kappa shape index (κ1) is 14.4. The zero-order valence-corrected chi connectivity index (χ0v) is 12.9. The van der Waals surface area contributed by atoms with E-state index >= 15 is 0 Å². The summed E-state index contributed by atoms with van der Waals surface area (Å²) in [4.78, 5) is 4.22. The molecule has 0 saturated carbocycles. The predicted molar refractivity (Wildman–Crippen MR) is 78.0 cm³/mol. The number of fused-ring (bicyclic) bond motifs is 1. The first-order valence-corrected chi connectivity index (χ1v) is 8.43. The normalized spacial score (nSPS) is 12.1. The zero-order chi connectivity index (χ0) is 15.0. The molecule has 6 nitrogen and oxygen atoms in total. The van der Waals surface area contributed by atoms with Crippen LogP contribution in [-0.2, 0) is 21.3 Å². The van der Waals surface area contributed by atoms with Crippen molar-refractivity contribution >= 4 is 38.7 Å². The van der Waals surface area contributed by atoms with Crippen LogP contribution in [0.3, 0.4) is 0 Å².